The molecule has 0 saturated heterocycles. The first-order valence-corrected chi connectivity index (χ1v) is 4.00. The standard InChI is InChI=1S/C6H14BrN/c1-6(2,5-7)3-4-8/h3-5,8H2,1-2H3. The second-order valence-electron chi connectivity index (χ2n) is 2.84. The Balaban J connectivity index is 3.37. The van der Waals surface area contributed by atoms with Crippen LogP contribution in [0.1, 0.15) is 20.3 Å². The van der Waals surface area contributed by atoms with Gasteiger partial charge in [-0.1, -0.05) is 29.8 Å². The van der Waals surface area contributed by atoms with E-state index in [1.807, 2.05) is 0 Å². The molecule has 8 heavy (non-hydrogen) atoms. The highest BCUT2D eigenvalue weighted by molar-refractivity contribution is 9.09. The molecule has 0 unspecified atom stereocenters. The van der Waals surface area contributed by atoms with E-state index in [0.717, 1.165) is 18.3 Å². The van der Waals surface area contributed by atoms with Crippen molar-refractivity contribution in [3.63, 3.8) is 0 Å². The van der Waals surface area contributed by atoms with Gasteiger partial charge >= 0.3 is 0 Å². The van der Waals surface area contributed by atoms with Crippen LogP contribution in [0.5, 0.6) is 0 Å². The highest BCUT2D eigenvalue weighted by Crippen LogP contribution is 2.21. The molecule has 50 valence electrons. The first-order chi connectivity index (χ1) is 3.62. The van der Waals surface area contributed by atoms with Crippen LogP contribution in [0.4, 0.5) is 0 Å². The van der Waals surface area contributed by atoms with Crippen LogP contribution in [0.2, 0.25) is 0 Å². The van der Waals surface area contributed by atoms with Crippen molar-refractivity contribution >= 4 is 15.9 Å². The predicted molar refractivity (Wildman–Crippen MR) is 41.2 cm³/mol. The van der Waals surface area contributed by atoms with Gasteiger partial charge < -0.3 is 5.73 Å². The Kier molecular flexibility index (Phi) is 3.65. The lowest BCUT2D eigenvalue weighted by Gasteiger charge is -2.19. The van der Waals surface area contributed by atoms with Crippen LogP contribution in [-0.2, 0) is 0 Å². The molecule has 0 aromatic heterocycles. The lowest BCUT2D eigenvalue weighted by atomic mass is 9.92. The summed E-state index contributed by atoms with van der Waals surface area (Å²) in [4.78, 5) is 0. The third-order valence-corrected chi connectivity index (χ3v) is 2.70. The molecule has 0 atom stereocenters. The lowest BCUT2D eigenvalue weighted by Crippen LogP contribution is -2.17. The molecule has 0 fully saturated rings. The van der Waals surface area contributed by atoms with Crippen molar-refractivity contribution in [3.05, 3.63) is 0 Å². The van der Waals surface area contributed by atoms with E-state index in [9.17, 15) is 0 Å². The molecule has 1 nitrogen and oxygen atoms in total. The molecule has 0 aromatic rings. The molecule has 0 aliphatic heterocycles. The number of hydrogen-bond acceptors (Lipinski definition) is 1. The van der Waals surface area contributed by atoms with Crippen molar-refractivity contribution in [1.82, 2.24) is 0 Å². The summed E-state index contributed by atoms with van der Waals surface area (Å²) >= 11 is 3.42. The molecular weight excluding hydrogens is 166 g/mol. The first kappa shape index (κ1) is 8.44. The summed E-state index contributed by atoms with van der Waals surface area (Å²) in [6.45, 7) is 5.20. The first-order valence-electron chi connectivity index (χ1n) is 2.88. The number of hydrogen-bond donors (Lipinski definition) is 1. The Morgan fingerprint density at radius 3 is 2.12 bits per heavy atom. The SMILES string of the molecule is CC(C)(CBr)CCN. The molecule has 2 N–H and O–H groups in total. The van der Waals surface area contributed by atoms with E-state index in [0.29, 0.717) is 5.41 Å². The zero-order valence-corrected chi connectivity index (χ0v) is 7.16. The monoisotopic (exact) mass is 179 g/mol. The van der Waals surface area contributed by atoms with Crippen LogP contribution < -0.4 is 5.73 Å². The summed E-state index contributed by atoms with van der Waals surface area (Å²) in [5, 5.41) is 1.04. The highest BCUT2D eigenvalue weighted by Gasteiger charge is 2.13. The number of alkyl halides is 1. The molecule has 0 amide bonds. The van der Waals surface area contributed by atoms with E-state index < -0.39 is 0 Å². The van der Waals surface area contributed by atoms with Crippen LogP contribution >= 0.6 is 15.9 Å². The van der Waals surface area contributed by atoms with Gasteiger partial charge in [-0.2, -0.15) is 0 Å². The minimum absolute atomic E-state index is 0.384. The smallest absolute Gasteiger partial charge is 0.00831 e. The van der Waals surface area contributed by atoms with Gasteiger partial charge in [0.15, 0.2) is 0 Å². The van der Waals surface area contributed by atoms with Crippen molar-refractivity contribution < 1.29 is 0 Å². The Labute approximate surface area is 59.8 Å². The fraction of sp³-hybridized carbons (Fsp3) is 1.00. The van der Waals surface area contributed by atoms with Crippen molar-refractivity contribution in [2.24, 2.45) is 11.1 Å². The van der Waals surface area contributed by atoms with Gasteiger partial charge in [0.25, 0.3) is 0 Å². The molecular formula is C6H14BrN. The molecule has 2 heteroatoms. The molecule has 0 aliphatic carbocycles. The normalized spacial score (nSPS) is 12.0. The number of nitrogens with two attached hydrogens (primary N) is 1. The van der Waals surface area contributed by atoms with Gasteiger partial charge in [-0.25, -0.2) is 0 Å². The van der Waals surface area contributed by atoms with E-state index >= 15 is 0 Å². The summed E-state index contributed by atoms with van der Waals surface area (Å²) in [7, 11) is 0. The summed E-state index contributed by atoms with van der Waals surface area (Å²) < 4.78 is 0. The minimum atomic E-state index is 0.384. The van der Waals surface area contributed by atoms with Crippen molar-refractivity contribution in [2.45, 2.75) is 20.3 Å². The maximum atomic E-state index is 5.37. The topological polar surface area (TPSA) is 26.0 Å². The second-order valence-corrected chi connectivity index (χ2v) is 3.40. The average molecular weight is 180 g/mol. The van der Waals surface area contributed by atoms with Crippen molar-refractivity contribution in [3.8, 4) is 0 Å². The second kappa shape index (κ2) is 3.46. The summed E-state index contributed by atoms with van der Waals surface area (Å²) in [5.74, 6) is 0. The van der Waals surface area contributed by atoms with E-state index in [4.69, 9.17) is 5.73 Å². The van der Waals surface area contributed by atoms with Crippen molar-refractivity contribution in [2.75, 3.05) is 11.9 Å². The lowest BCUT2D eigenvalue weighted by molar-refractivity contribution is 0.397. The van der Waals surface area contributed by atoms with E-state index in [-0.39, 0.29) is 0 Å². The Hall–Kier alpha value is 0.440. The minimum Gasteiger partial charge on any atom is -0.330 e. The summed E-state index contributed by atoms with van der Waals surface area (Å²) in [5.41, 5.74) is 5.75. The molecule has 0 bridgehead atoms. The Bertz CT molecular complexity index is 61.5. The zero-order valence-electron chi connectivity index (χ0n) is 5.58. The van der Waals surface area contributed by atoms with Crippen LogP contribution in [-0.4, -0.2) is 11.9 Å². The maximum Gasteiger partial charge on any atom is 0.00831 e. The summed E-state index contributed by atoms with van der Waals surface area (Å²) in [6.07, 6.45) is 1.10. The van der Waals surface area contributed by atoms with Gasteiger partial charge in [0, 0.05) is 5.33 Å². The summed E-state index contributed by atoms with van der Waals surface area (Å²) in [6, 6.07) is 0. The zero-order chi connectivity index (χ0) is 6.62. The third kappa shape index (κ3) is 3.44. The van der Waals surface area contributed by atoms with E-state index in [1.54, 1.807) is 0 Å². The molecule has 0 rings (SSSR count). The van der Waals surface area contributed by atoms with Crippen LogP contribution in [0, 0.1) is 5.41 Å². The largest absolute Gasteiger partial charge is 0.330 e. The molecule has 0 spiro atoms. The van der Waals surface area contributed by atoms with Gasteiger partial charge in [-0.15, -0.1) is 0 Å². The highest BCUT2D eigenvalue weighted by atomic mass is 79.9. The Morgan fingerprint density at radius 1 is 1.50 bits per heavy atom. The average Bonchev–Trinajstić information content (AvgIpc) is 1.67. The Morgan fingerprint density at radius 2 is 2.00 bits per heavy atom. The quantitative estimate of drug-likeness (QED) is 0.658. The van der Waals surface area contributed by atoms with Gasteiger partial charge in [0.2, 0.25) is 0 Å². The number of rotatable bonds is 3. The molecule has 0 saturated carbocycles. The van der Waals surface area contributed by atoms with Crippen LogP contribution in [0.15, 0.2) is 0 Å². The van der Waals surface area contributed by atoms with Gasteiger partial charge in [-0.3, -0.25) is 0 Å². The number of halogens is 1. The van der Waals surface area contributed by atoms with Crippen molar-refractivity contribution in [1.29, 1.82) is 0 Å². The molecule has 0 radical (unpaired) electrons. The fourth-order valence-corrected chi connectivity index (χ4v) is 0.738. The van der Waals surface area contributed by atoms with Gasteiger partial charge in [0.05, 0.1) is 0 Å². The molecule has 0 aliphatic rings. The van der Waals surface area contributed by atoms with Gasteiger partial charge in [0.1, 0.15) is 0 Å². The molecule has 0 aromatic carbocycles. The molecule has 0 heterocycles. The van der Waals surface area contributed by atoms with Crippen LogP contribution in [0.3, 0.4) is 0 Å². The maximum absolute atomic E-state index is 5.37. The fourth-order valence-electron chi connectivity index (χ4n) is 0.458. The van der Waals surface area contributed by atoms with E-state index in [1.165, 1.54) is 0 Å². The van der Waals surface area contributed by atoms with Crippen LogP contribution in [0.25, 0.3) is 0 Å². The third-order valence-electron chi connectivity index (χ3n) is 1.18. The van der Waals surface area contributed by atoms with E-state index in [2.05, 4.69) is 29.8 Å². The van der Waals surface area contributed by atoms with Gasteiger partial charge in [-0.05, 0) is 18.4 Å². The predicted octanol–water partition coefficient (Wildman–Crippen LogP) is 1.76.